The van der Waals surface area contributed by atoms with Gasteiger partial charge in [-0.15, -0.1) is 5.10 Å². The van der Waals surface area contributed by atoms with Crippen LogP contribution in [0, 0.1) is 12.3 Å². The van der Waals surface area contributed by atoms with Crippen LogP contribution in [0.4, 0.5) is 0 Å². The predicted molar refractivity (Wildman–Crippen MR) is 62.3 cm³/mol. The first-order valence-electron chi connectivity index (χ1n) is 4.46. The lowest BCUT2D eigenvalue weighted by Gasteiger charge is -2.01. The normalized spacial score (nSPS) is 11.2. The van der Waals surface area contributed by atoms with Crippen molar-refractivity contribution in [1.82, 2.24) is 9.78 Å². The number of hydrogen-bond donors (Lipinski definition) is 4. The SMILES string of the molecule is C/C(=N/N=C(N)N)c1cnn(C(=N)N)c1C. The van der Waals surface area contributed by atoms with Gasteiger partial charge >= 0.3 is 0 Å². The third-order valence-electron chi connectivity index (χ3n) is 1.94. The van der Waals surface area contributed by atoms with E-state index in [1.54, 1.807) is 20.0 Å². The summed E-state index contributed by atoms with van der Waals surface area (Å²) in [6.07, 6.45) is 1.55. The minimum absolute atomic E-state index is 0.115. The molecule has 0 aliphatic carbocycles. The largest absolute Gasteiger partial charge is 0.369 e. The highest BCUT2D eigenvalue weighted by Gasteiger charge is 2.10. The number of nitrogen functional groups attached to an aromatic ring is 1. The van der Waals surface area contributed by atoms with Crippen LogP contribution in [0.3, 0.4) is 0 Å². The lowest BCUT2D eigenvalue weighted by Crippen LogP contribution is -2.23. The third-order valence-corrected chi connectivity index (χ3v) is 1.94. The zero-order chi connectivity index (χ0) is 12.3. The van der Waals surface area contributed by atoms with E-state index in [9.17, 15) is 0 Å². The molecule has 0 aliphatic heterocycles. The Labute approximate surface area is 92.3 Å². The molecule has 0 amide bonds. The number of hydrogen-bond acceptors (Lipinski definition) is 4. The van der Waals surface area contributed by atoms with Crippen molar-refractivity contribution >= 4 is 17.6 Å². The highest BCUT2D eigenvalue weighted by molar-refractivity contribution is 6.00. The van der Waals surface area contributed by atoms with Crippen LogP contribution in [-0.4, -0.2) is 27.4 Å². The maximum Gasteiger partial charge on any atom is 0.213 e. The smallest absolute Gasteiger partial charge is 0.213 e. The van der Waals surface area contributed by atoms with Crippen LogP contribution in [0.15, 0.2) is 16.4 Å². The topological polar surface area (TPSA) is 144 Å². The first kappa shape index (κ1) is 11.7. The standard InChI is InChI=1S/C8H14N8/c1-4(14-15-7(9)10)6-3-13-16(5(6)2)8(11)12/h3H,1-2H3,(H3,11,12)(H4,9,10,15)/b14-4-. The van der Waals surface area contributed by atoms with E-state index in [0.29, 0.717) is 11.4 Å². The summed E-state index contributed by atoms with van der Waals surface area (Å²) < 4.78 is 1.30. The molecule has 0 saturated carbocycles. The Morgan fingerprint density at radius 3 is 2.44 bits per heavy atom. The molecule has 1 heterocycles. The molecule has 1 aromatic rings. The molecule has 0 bridgehead atoms. The number of aromatic nitrogens is 2. The molecule has 86 valence electrons. The lowest BCUT2D eigenvalue weighted by atomic mass is 10.2. The fraction of sp³-hybridized carbons (Fsp3) is 0.250. The van der Waals surface area contributed by atoms with E-state index in [4.69, 9.17) is 22.6 Å². The van der Waals surface area contributed by atoms with Gasteiger partial charge in [-0.1, -0.05) is 0 Å². The Balaban J connectivity index is 3.11. The first-order valence-corrected chi connectivity index (χ1v) is 4.46. The molecule has 0 fully saturated rings. The summed E-state index contributed by atoms with van der Waals surface area (Å²) in [5, 5.41) is 18.6. The number of guanidine groups is 1. The van der Waals surface area contributed by atoms with Crippen molar-refractivity contribution in [1.29, 1.82) is 5.41 Å². The van der Waals surface area contributed by atoms with Crippen LogP contribution in [0.25, 0.3) is 0 Å². The van der Waals surface area contributed by atoms with Gasteiger partial charge in [-0.3, -0.25) is 5.41 Å². The van der Waals surface area contributed by atoms with E-state index < -0.39 is 0 Å². The van der Waals surface area contributed by atoms with Crippen LogP contribution in [0.2, 0.25) is 0 Å². The van der Waals surface area contributed by atoms with Crippen LogP contribution in [0.5, 0.6) is 0 Å². The molecule has 0 radical (unpaired) electrons. The number of nitrogens with one attached hydrogen (secondary N) is 1. The molecule has 0 spiro atoms. The van der Waals surface area contributed by atoms with E-state index in [1.807, 2.05) is 0 Å². The van der Waals surface area contributed by atoms with Crippen molar-refractivity contribution in [3.63, 3.8) is 0 Å². The van der Waals surface area contributed by atoms with Crippen LogP contribution < -0.4 is 17.2 Å². The van der Waals surface area contributed by atoms with Gasteiger partial charge in [0.2, 0.25) is 11.9 Å². The maximum absolute atomic E-state index is 7.27. The third kappa shape index (κ3) is 2.35. The van der Waals surface area contributed by atoms with Crippen LogP contribution in [0.1, 0.15) is 18.2 Å². The summed E-state index contributed by atoms with van der Waals surface area (Å²) in [5.74, 6) is -0.269. The Kier molecular flexibility index (Phi) is 3.24. The van der Waals surface area contributed by atoms with Gasteiger partial charge in [-0.05, 0) is 13.8 Å². The minimum atomic E-state index is -0.154. The van der Waals surface area contributed by atoms with Crippen LogP contribution in [-0.2, 0) is 0 Å². The second-order valence-corrected chi connectivity index (χ2v) is 3.15. The van der Waals surface area contributed by atoms with Gasteiger partial charge in [0, 0.05) is 5.56 Å². The molecule has 16 heavy (non-hydrogen) atoms. The van der Waals surface area contributed by atoms with E-state index in [2.05, 4.69) is 15.3 Å². The maximum atomic E-state index is 7.27. The Morgan fingerprint density at radius 1 is 1.38 bits per heavy atom. The second-order valence-electron chi connectivity index (χ2n) is 3.15. The highest BCUT2D eigenvalue weighted by Crippen LogP contribution is 2.08. The monoisotopic (exact) mass is 222 g/mol. The van der Waals surface area contributed by atoms with Crippen molar-refractivity contribution in [2.75, 3.05) is 0 Å². The molecule has 7 N–H and O–H groups in total. The molecule has 1 aromatic heterocycles. The minimum Gasteiger partial charge on any atom is -0.369 e. The summed E-state index contributed by atoms with van der Waals surface area (Å²) in [4.78, 5) is 0. The average molecular weight is 222 g/mol. The van der Waals surface area contributed by atoms with Gasteiger partial charge in [-0.25, -0.2) is 4.68 Å². The molecular formula is C8H14N8. The molecule has 0 aliphatic rings. The molecule has 1 rings (SSSR count). The zero-order valence-electron chi connectivity index (χ0n) is 9.10. The van der Waals surface area contributed by atoms with Crippen molar-refractivity contribution in [2.24, 2.45) is 27.4 Å². The summed E-state index contributed by atoms with van der Waals surface area (Å²) in [6, 6.07) is 0. The van der Waals surface area contributed by atoms with Gasteiger partial charge in [0.25, 0.3) is 0 Å². The number of nitrogens with two attached hydrogens (primary N) is 3. The highest BCUT2D eigenvalue weighted by atomic mass is 15.3. The fourth-order valence-corrected chi connectivity index (χ4v) is 1.19. The van der Waals surface area contributed by atoms with Crippen LogP contribution >= 0.6 is 0 Å². The van der Waals surface area contributed by atoms with Gasteiger partial charge in [0.05, 0.1) is 17.6 Å². The van der Waals surface area contributed by atoms with Gasteiger partial charge in [-0.2, -0.15) is 10.2 Å². The molecule has 8 nitrogen and oxygen atoms in total. The molecular weight excluding hydrogens is 208 g/mol. The molecule has 0 unspecified atom stereocenters. The number of rotatable bonds is 2. The molecule has 0 aromatic carbocycles. The number of nitrogens with zero attached hydrogens (tertiary/aromatic N) is 4. The Hall–Kier alpha value is -2.38. The van der Waals surface area contributed by atoms with Gasteiger partial charge in [0.1, 0.15) is 0 Å². The molecule has 0 saturated heterocycles. The second kappa shape index (κ2) is 4.43. The lowest BCUT2D eigenvalue weighted by molar-refractivity contribution is 0.877. The molecule has 8 heteroatoms. The Bertz CT molecular complexity index is 462. The zero-order valence-corrected chi connectivity index (χ0v) is 9.10. The Morgan fingerprint density at radius 2 is 2.00 bits per heavy atom. The summed E-state index contributed by atoms with van der Waals surface area (Å²) >= 11 is 0. The summed E-state index contributed by atoms with van der Waals surface area (Å²) in [5.41, 5.74) is 17.7. The molecule has 0 atom stereocenters. The van der Waals surface area contributed by atoms with Crippen molar-refractivity contribution in [2.45, 2.75) is 13.8 Å². The van der Waals surface area contributed by atoms with Crippen molar-refractivity contribution in [3.05, 3.63) is 17.5 Å². The van der Waals surface area contributed by atoms with E-state index in [0.717, 1.165) is 5.56 Å². The van der Waals surface area contributed by atoms with Gasteiger partial charge in [0.15, 0.2) is 0 Å². The average Bonchev–Trinajstić information content (AvgIpc) is 2.56. The van der Waals surface area contributed by atoms with E-state index in [-0.39, 0.29) is 11.9 Å². The summed E-state index contributed by atoms with van der Waals surface area (Å²) in [7, 11) is 0. The van der Waals surface area contributed by atoms with Crippen molar-refractivity contribution < 1.29 is 0 Å². The predicted octanol–water partition coefficient (Wildman–Crippen LogP) is -1.07. The fourth-order valence-electron chi connectivity index (χ4n) is 1.19. The summed E-state index contributed by atoms with van der Waals surface area (Å²) in [6.45, 7) is 3.51. The van der Waals surface area contributed by atoms with E-state index >= 15 is 0 Å². The van der Waals surface area contributed by atoms with Gasteiger partial charge < -0.3 is 17.2 Å². The quantitative estimate of drug-likeness (QED) is 0.287. The van der Waals surface area contributed by atoms with E-state index in [1.165, 1.54) is 4.68 Å². The first-order chi connectivity index (χ1) is 7.43. The van der Waals surface area contributed by atoms with Crippen molar-refractivity contribution in [3.8, 4) is 0 Å².